The van der Waals surface area contributed by atoms with E-state index < -0.39 is 0 Å². The molecule has 0 bridgehead atoms. The predicted molar refractivity (Wildman–Crippen MR) is 112 cm³/mol. The molecule has 0 radical (unpaired) electrons. The molecule has 1 N–H and O–H groups in total. The largest absolute Gasteiger partial charge is 0.469 e. The molecule has 1 aliphatic heterocycles. The first-order chi connectivity index (χ1) is 14.0. The van der Waals surface area contributed by atoms with Crippen LogP contribution < -0.4 is 10.2 Å². The molecule has 2 aromatic carbocycles. The number of amides is 1. The van der Waals surface area contributed by atoms with E-state index in [-0.39, 0.29) is 24.0 Å². The number of anilines is 3. The molecular formula is C21H24N4O4. The number of methoxy groups -OCH3 is 1. The van der Waals surface area contributed by atoms with Gasteiger partial charge in [-0.2, -0.15) is 0 Å². The molecule has 0 aromatic heterocycles. The molecule has 1 saturated heterocycles. The van der Waals surface area contributed by atoms with Crippen LogP contribution in [-0.2, 0) is 20.7 Å². The van der Waals surface area contributed by atoms with Crippen LogP contribution in [0.4, 0.5) is 22.7 Å². The standard InChI is InChI=1S/C21H24N4O4/c1-15(26)24-8-10-25(11-9-24)18-5-3-4-17(14-18)22-19-7-6-16(12-20(19)23-28)13-21(27)29-2/h3-7,12,14,22H,8-11,13H2,1-2H3. The van der Waals surface area contributed by atoms with Gasteiger partial charge >= 0.3 is 5.97 Å². The molecule has 2 aromatic rings. The Bertz CT molecular complexity index is 907. The van der Waals surface area contributed by atoms with Crippen LogP contribution in [0.25, 0.3) is 0 Å². The van der Waals surface area contributed by atoms with Crippen molar-refractivity contribution in [2.45, 2.75) is 13.3 Å². The highest BCUT2D eigenvalue weighted by Gasteiger charge is 2.19. The molecule has 1 aliphatic rings. The molecule has 8 heteroatoms. The molecule has 0 spiro atoms. The van der Waals surface area contributed by atoms with E-state index >= 15 is 0 Å². The van der Waals surface area contributed by atoms with Gasteiger partial charge in [0.05, 0.1) is 19.2 Å². The number of carbonyl (C=O) groups excluding carboxylic acids is 2. The highest BCUT2D eigenvalue weighted by molar-refractivity contribution is 5.77. The number of esters is 1. The number of nitroso groups, excluding NO2 is 1. The van der Waals surface area contributed by atoms with Gasteiger partial charge in [0.2, 0.25) is 5.91 Å². The monoisotopic (exact) mass is 396 g/mol. The molecule has 1 fully saturated rings. The topological polar surface area (TPSA) is 91.3 Å². The molecule has 1 amide bonds. The molecule has 0 unspecified atom stereocenters. The zero-order valence-corrected chi connectivity index (χ0v) is 16.6. The summed E-state index contributed by atoms with van der Waals surface area (Å²) in [6.45, 7) is 4.54. The minimum Gasteiger partial charge on any atom is -0.469 e. The van der Waals surface area contributed by atoms with E-state index in [1.54, 1.807) is 25.1 Å². The summed E-state index contributed by atoms with van der Waals surface area (Å²) in [5, 5.41) is 6.31. The predicted octanol–water partition coefficient (Wildman–Crippen LogP) is 3.21. The first-order valence-corrected chi connectivity index (χ1v) is 9.41. The lowest BCUT2D eigenvalue weighted by Gasteiger charge is -2.35. The Balaban J connectivity index is 1.72. The number of carbonyl (C=O) groups is 2. The highest BCUT2D eigenvalue weighted by atomic mass is 16.5. The SMILES string of the molecule is COC(=O)Cc1ccc(Nc2cccc(N3CCN(C(C)=O)CC3)c2)c(N=O)c1. The van der Waals surface area contributed by atoms with Crippen LogP contribution >= 0.6 is 0 Å². The number of benzene rings is 2. The lowest BCUT2D eigenvalue weighted by atomic mass is 10.1. The summed E-state index contributed by atoms with van der Waals surface area (Å²) in [6, 6.07) is 12.9. The van der Waals surface area contributed by atoms with Crippen molar-refractivity contribution in [3.8, 4) is 0 Å². The molecule has 0 saturated carbocycles. The summed E-state index contributed by atoms with van der Waals surface area (Å²) in [7, 11) is 1.32. The van der Waals surface area contributed by atoms with Crippen molar-refractivity contribution in [3.63, 3.8) is 0 Å². The van der Waals surface area contributed by atoms with Gasteiger partial charge < -0.3 is 19.9 Å². The maximum atomic E-state index is 11.5. The summed E-state index contributed by atoms with van der Waals surface area (Å²) in [5.41, 5.74) is 3.32. The Morgan fingerprint density at radius 2 is 1.86 bits per heavy atom. The fourth-order valence-electron chi connectivity index (χ4n) is 3.32. The fourth-order valence-corrected chi connectivity index (χ4v) is 3.32. The average Bonchev–Trinajstić information content (AvgIpc) is 2.75. The molecule has 8 nitrogen and oxygen atoms in total. The Morgan fingerprint density at radius 1 is 1.10 bits per heavy atom. The minimum absolute atomic E-state index is 0.0844. The summed E-state index contributed by atoms with van der Waals surface area (Å²) >= 11 is 0. The molecule has 1 heterocycles. The van der Waals surface area contributed by atoms with Crippen LogP contribution in [-0.4, -0.2) is 50.1 Å². The van der Waals surface area contributed by atoms with E-state index in [0.29, 0.717) is 24.3 Å². The van der Waals surface area contributed by atoms with Gasteiger partial charge in [0, 0.05) is 44.5 Å². The number of nitrogens with zero attached hydrogens (tertiary/aromatic N) is 3. The smallest absolute Gasteiger partial charge is 0.309 e. The number of hydrogen-bond acceptors (Lipinski definition) is 7. The van der Waals surface area contributed by atoms with Crippen molar-refractivity contribution in [3.05, 3.63) is 52.9 Å². The van der Waals surface area contributed by atoms with Crippen LogP contribution in [0.3, 0.4) is 0 Å². The van der Waals surface area contributed by atoms with Crippen molar-refractivity contribution in [1.82, 2.24) is 4.90 Å². The van der Waals surface area contributed by atoms with Crippen LogP contribution in [0.2, 0.25) is 0 Å². The van der Waals surface area contributed by atoms with E-state index in [1.165, 1.54) is 7.11 Å². The fraction of sp³-hybridized carbons (Fsp3) is 0.333. The van der Waals surface area contributed by atoms with Crippen molar-refractivity contribution >= 4 is 34.6 Å². The van der Waals surface area contributed by atoms with E-state index in [1.807, 2.05) is 29.2 Å². The Hall–Kier alpha value is -3.42. The van der Waals surface area contributed by atoms with Crippen LogP contribution in [0.15, 0.2) is 47.6 Å². The minimum atomic E-state index is -0.375. The number of ether oxygens (including phenoxy) is 1. The average molecular weight is 396 g/mol. The summed E-state index contributed by atoms with van der Waals surface area (Å²) in [5.74, 6) is -0.273. The maximum absolute atomic E-state index is 11.5. The van der Waals surface area contributed by atoms with Gasteiger partial charge in [-0.25, -0.2) is 0 Å². The van der Waals surface area contributed by atoms with Gasteiger partial charge in [0.1, 0.15) is 5.69 Å². The number of rotatable bonds is 6. The van der Waals surface area contributed by atoms with E-state index in [9.17, 15) is 14.5 Å². The molecule has 0 aliphatic carbocycles. The highest BCUT2D eigenvalue weighted by Crippen LogP contribution is 2.31. The quantitative estimate of drug-likeness (QED) is 0.596. The van der Waals surface area contributed by atoms with Crippen molar-refractivity contribution < 1.29 is 14.3 Å². The van der Waals surface area contributed by atoms with E-state index in [0.717, 1.165) is 24.5 Å². The Kier molecular flexibility index (Phi) is 6.43. The van der Waals surface area contributed by atoms with Crippen molar-refractivity contribution in [1.29, 1.82) is 0 Å². The zero-order chi connectivity index (χ0) is 20.8. The molecule has 152 valence electrons. The summed E-state index contributed by atoms with van der Waals surface area (Å²) in [4.78, 5) is 38.3. The third-order valence-electron chi connectivity index (χ3n) is 4.95. The van der Waals surface area contributed by atoms with Crippen molar-refractivity contribution in [2.24, 2.45) is 5.18 Å². The third-order valence-corrected chi connectivity index (χ3v) is 4.95. The van der Waals surface area contributed by atoms with E-state index in [2.05, 4.69) is 20.1 Å². The van der Waals surface area contributed by atoms with E-state index in [4.69, 9.17) is 0 Å². The molecular weight excluding hydrogens is 372 g/mol. The lowest BCUT2D eigenvalue weighted by Crippen LogP contribution is -2.48. The second kappa shape index (κ2) is 9.18. The Morgan fingerprint density at radius 3 is 2.52 bits per heavy atom. The van der Waals surface area contributed by atoms with Gasteiger partial charge in [-0.3, -0.25) is 9.59 Å². The molecule has 3 rings (SSSR count). The van der Waals surface area contributed by atoms with Gasteiger partial charge in [0.25, 0.3) is 0 Å². The number of nitrogens with one attached hydrogen (secondary N) is 1. The lowest BCUT2D eigenvalue weighted by molar-refractivity contribution is -0.139. The second-order valence-electron chi connectivity index (χ2n) is 6.86. The van der Waals surface area contributed by atoms with Gasteiger partial charge in [-0.15, -0.1) is 4.91 Å². The maximum Gasteiger partial charge on any atom is 0.309 e. The third kappa shape index (κ3) is 5.10. The van der Waals surface area contributed by atoms with Gasteiger partial charge in [-0.05, 0) is 41.1 Å². The number of piperazine rings is 1. The molecule has 29 heavy (non-hydrogen) atoms. The molecule has 0 atom stereocenters. The Labute approximate surface area is 169 Å². The van der Waals surface area contributed by atoms with Gasteiger partial charge in [0.15, 0.2) is 0 Å². The summed E-state index contributed by atoms with van der Waals surface area (Å²) < 4.78 is 4.65. The normalized spacial score (nSPS) is 13.7. The van der Waals surface area contributed by atoms with Crippen LogP contribution in [0.1, 0.15) is 12.5 Å². The second-order valence-corrected chi connectivity index (χ2v) is 6.86. The van der Waals surface area contributed by atoms with Crippen LogP contribution in [0.5, 0.6) is 0 Å². The zero-order valence-electron chi connectivity index (χ0n) is 16.6. The van der Waals surface area contributed by atoms with Gasteiger partial charge in [-0.1, -0.05) is 12.1 Å². The van der Waals surface area contributed by atoms with Crippen LogP contribution in [0, 0.1) is 4.91 Å². The van der Waals surface area contributed by atoms with Crippen molar-refractivity contribution in [2.75, 3.05) is 43.5 Å². The first kappa shape index (κ1) is 20.3. The number of hydrogen-bond donors (Lipinski definition) is 1. The summed E-state index contributed by atoms with van der Waals surface area (Å²) in [6.07, 6.45) is 0.0844. The first-order valence-electron chi connectivity index (χ1n) is 9.41.